The van der Waals surface area contributed by atoms with Crippen molar-refractivity contribution in [3.63, 3.8) is 0 Å². The minimum atomic E-state index is -3.83. The lowest BCUT2D eigenvalue weighted by Crippen LogP contribution is -2.29. The summed E-state index contributed by atoms with van der Waals surface area (Å²) in [6, 6.07) is 23.8. The number of nitrogens with zero attached hydrogens (tertiary/aromatic N) is 1. The van der Waals surface area contributed by atoms with E-state index < -0.39 is 15.7 Å². The summed E-state index contributed by atoms with van der Waals surface area (Å²) in [5, 5.41) is 1.69. The van der Waals surface area contributed by atoms with Crippen molar-refractivity contribution in [3.05, 3.63) is 101 Å². The van der Waals surface area contributed by atoms with E-state index in [-0.39, 0.29) is 15.7 Å². The summed E-state index contributed by atoms with van der Waals surface area (Å²) in [5.41, 5.74) is 0.703. The van der Waals surface area contributed by atoms with E-state index >= 15 is 0 Å². The predicted octanol–water partition coefficient (Wildman–Crippen LogP) is 5.02. The van der Waals surface area contributed by atoms with Crippen molar-refractivity contribution in [2.24, 2.45) is 0 Å². The van der Waals surface area contributed by atoms with Crippen molar-refractivity contribution in [3.8, 4) is 0 Å². The Morgan fingerprint density at radius 1 is 0.862 bits per heavy atom. The monoisotopic (exact) mass is 423 g/mol. The summed E-state index contributed by atoms with van der Waals surface area (Å²) in [5.74, 6) is -0.431. The minimum absolute atomic E-state index is 0.0279. The smallest absolute Gasteiger partial charge is 0.294 e. The average molecular weight is 424 g/mol. The first kappa shape index (κ1) is 19.2. The van der Waals surface area contributed by atoms with Crippen LogP contribution in [0.5, 0.6) is 0 Å². The minimum Gasteiger partial charge on any atom is -0.439 e. The molecule has 7 heteroatoms. The van der Waals surface area contributed by atoms with Crippen LogP contribution in [0.3, 0.4) is 0 Å². The highest BCUT2D eigenvalue weighted by atomic mass is 32.2. The van der Waals surface area contributed by atoms with Crippen LogP contribution < -0.4 is 4.90 Å². The Morgan fingerprint density at radius 2 is 1.55 bits per heavy atom. The number of carbonyl (C=O) groups is 1. The zero-order chi connectivity index (χ0) is 20.3. The highest BCUT2D eigenvalue weighted by Gasteiger charge is 2.26. The Kier molecular flexibility index (Phi) is 5.33. The molecule has 0 saturated carbocycles. The molecule has 146 valence electrons. The Bertz CT molecular complexity index is 1200. The van der Waals surface area contributed by atoms with Gasteiger partial charge in [-0.2, -0.15) is 0 Å². The predicted molar refractivity (Wildman–Crippen MR) is 112 cm³/mol. The molecule has 0 fully saturated rings. The van der Waals surface area contributed by atoms with Crippen LogP contribution in [-0.2, 0) is 16.4 Å². The molecule has 0 aliphatic heterocycles. The summed E-state index contributed by atoms with van der Waals surface area (Å²) < 4.78 is 31.0. The maximum absolute atomic E-state index is 13.2. The number of rotatable bonds is 6. The number of anilines is 1. The van der Waals surface area contributed by atoms with E-state index in [0.717, 1.165) is 4.88 Å². The molecule has 5 nitrogen and oxygen atoms in total. The third-order valence-corrected chi connectivity index (χ3v) is 6.82. The van der Waals surface area contributed by atoms with Gasteiger partial charge in [0, 0.05) is 10.6 Å². The van der Waals surface area contributed by atoms with E-state index in [4.69, 9.17) is 4.42 Å². The molecule has 0 aliphatic carbocycles. The largest absolute Gasteiger partial charge is 0.439 e. The van der Waals surface area contributed by atoms with Crippen molar-refractivity contribution in [2.45, 2.75) is 16.5 Å². The lowest BCUT2D eigenvalue weighted by atomic mass is 10.2. The molecule has 0 unspecified atom stereocenters. The highest BCUT2D eigenvalue weighted by molar-refractivity contribution is 7.91. The van der Waals surface area contributed by atoms with Crippen molar-refractivity contribution >= 4 is 32.8 Å². The number of hydrogen-bond donors (Lipinski definition) is 0. The summed E-state index contributed by atoms with van der Waals surface area (Å²) in [7, 11) is -3.83. The second kappa shape index (κ2) is 8.06. The summed E-state index contributed by atoms with van der Waals surface area (Å²) in [6.45, 7) is 0.363. The van der Waals surface area contributed by atoms with Gasteiger partial charge in [-0.25, -0.2) is 8.42 Å². The molecule has 2 heterocycles. The highest BCUT2D eigenvalue weighted by Crippen LogP contribution is 2.26. The molecule has 0 aliphatic rings. The topological polar surface area (TPSA) is 67.6 Å². The third kappa shape index (κ3) is 4.01. The van der Waals surface area contributed by atoms with Crippen LogP contribution in [-0.4, -0.2) is 14.3 Å². The fourth-order valence-electron chi connectivity index (χ4n) is 2.87. The summed E-state index contributed by atoms with van der Waals surface area (Å²) >= 11 is 1.54. The maximum Gasteiger partial charge on any atom is 0.294 e. The number of carbonyl (C=O) groups excluding carboxylic acids is 1. The van der Waals surface area contributed by atoms with Gasteiger partial charge in [-0.15, -0.1) is 11.3 Å². The van der Waals surface area contributed by atoms with Gasteiger partial charge < -0.3 is 9.32 Å². The fraction of sp³-hybridized carbons (Fsp3) is 0.0455. The van der Waals surface area contributed by atoms with Gasteiger partial charge in [0.05, 0.1) is 11.4 Å². The summed E-state index contributed by atoms with van der Waals surface area (Å²) in [6.07, 6.45) is 0. The zero-order valence-electron chi connectivity index (χ0n) is 15.3. The molecule has 0 atom stereocenters. The van der Waals surface area contributed by atoms with E-state index in [1.165, 1.54) is 24.3 Å². The van der Waals surface area contributed by atoms with Crippen LogP contribution in [0.1, 0.15) is 15.4 Å². The number of para-hydroxylation sites is 1. The average Bonchev–Trinajstić information content (AvgIpc) is 3.45. The molecule has 1 amide bonds. The fourth-order valence-corrected chi connectivity index (χ4v) is 4.76. The number of furan rings is 1. The molecule has 0 radical (unpaired) electrons. The summed E-state index contributed by atoms with van der Waals surface area (Å²) in [4.78, 5) is 15.9. The van der Waals surface area contributed by atoms with Gasteiger partial charge in [0.1, 0.15) is 0 Å². The first-order valence-electron chi connectivity index (χ1n) is 8.85. The van der Waals surface area contributed by atoms with Crippen molar-refractivity contribution in [1.82, 2.24) is 0 Å². The molecule has 0 spiro atoms. The molecular weight excluding hydrogens is 406 g/mol. The Hall–Kier alpha value is -3.16. The molecule has 0 bridgehead atoms. The second-order valence-electron chi connectivity index (χ2n) is 6.24. The van der Waals surface area contributed by atoms with Gasteiger partial charge in [-0.1, -0.05) is 42.5 Å². The van der Waals surface area contributed by atoms with Gasteiger partial charge in [0.2, 0.25) is 14.9 Å². The molecule has 29 heavy (non-hydrogen) atoms. The third-order valence-electron chi connectivity index (χ3n) is 4.32. The molecule has 2 aromatic carbocycles. The van der Waals surface area contributed by atoms with E-state index in [0.29, 0.717) is 12.2 Å². The van der Waals surface area contributed by atoms with Gasteiger partial charge in [0.25, 0.3) is 5.91 Å². The number of amides is 1. The maximum atomic E-state index is 13.2. The van der Waals surface area contributed by atoms with Crippen LogP contribution in [0.15, 0.2) is 105 Å². The SMILES string of the molecule is O=C(c1ccc(S(=O)(=O)c2ccccc2)o1)N(Cc1cccs1)c1ccccc1. The van der Waals surface area contributed by atoms with Gasteiger partial charge in [-0.05, 0) is 47.8 Å². The van der Waals surface area contributed by atoms with Crippen LogP contribution in [0.2, 0.25) is 0 Å². The number of sulfone groups is 1. The Balaban J connectivity index is 1.67. The van der Waals surface area contributed by atoms with Crippen LogP contribution >= 0.6 is 11.3 Å². The molecule has 0 N–H and O–H groups in total. The standard InChI is InChI=1S/C22H17NO4S2/c24-22(23(16-18-10-7-15-28-18)17-8-3-1-4-9-17)20-13-14-21(27-20)29(25,26)19-11-5-2-6-12-19/h1-15H,16H2. The van der Waals surface area contributed by atoms with Crippen LogP contribution in [0.4, 0.5) is 5.69 Å². The lowest BCUT2D eigenvalue weighted by molar-refractivity contribution is 0.0953. The zero-order valence-corrected chi connectivity index (χ0v) is 16.9. The van der Waals surface area contributed by atoms with Crippen LogP contribution in [0.25, 0.3) is 0 Å². The number of hydrogen-bond acceptors (Lipinski definition) is 5. The second-order valence-corrected chi connectivity index (χ2v) is 9.15. The van der Waals surface area contributed by atoms with Gasteiger partial charge in [-0.3, -0.25) is 4.79 Å². The quantitative estimate of drug-likeness (QED) is 0.437. The van der Waals surface area contributed by atoms with Crippen molar-refractivity contribution in [1.29, 1.82) is 0 Å². The number of thiophene rings is 1. The molecule has 0 saturated heterocycles. The normalized spacial score (nSPS) is 11.3. The lowest BCUT2D eigenvalue weighted by Gasteiger charge is -2.21. The Morgan fingerprint density at radius 3 is 2.21 bits per heavy atom. The van der Waals surface area contributed by atoms with Crippen LogP contribution in [0, 0.1) is 0 Å². The number of benzene rings is 2. The molecule has 4 rings (SSSR count). The first-order chi connectivity index (χ1) is 14.1. The van der Waals surface area contributed by atoms with E-state index in [9.17, 15) is 13.2 Å². The van der Waals surface area contributed by atoms with E-state index in [2.05, 4.69) is 0 Å². The Labute approximate surface area is 172 Å². The van der Waals surface area contributed by atoms with E-state index in [1.54, 1.807) is 34.4 Å². The van der Waals surface area contributed by atoms with Gasteiger partial charge in [0.15, 0.2) is 5.76 Å². The van der Waals surface area contributed by atoms with Gasteiger partial charge >= 0.3 is 0 Å². The molecule has 2 aromatic heterocycles. The first-order valence-corrected chi connectivity index (χ1v) is 11.2. The van der Waals surface area contributed by atoms with Crippen molar-refractivity contribution < 1.29 is 17.6 Å². The molecule has 4 aromatic rings. The molecular formula is C22H17NO4S2. The van der Waals surface area contributed by atoms with E-state index in [1.807, 2.05) is 47.8 Å². The van der Waals surface area contributed by atoms with Crippen molar-refractivity contribution in [2.75, 3.05) is 4.90 Å².